The van der Waals surface area contributed by atoms with Crippen molar-refractivity contribution in [3.8, 4) is 11.5 Å². The van der Waals surface area contributed by atoms with Crippen LogP contribution in [0.5, 0.6) is 11.5 Å². The number of anilines is 2. The summed E-state index contributed by atoms with van der Waals surface area (Å²) in [6, 6.07) is 5.40. The maximum atomic E-state index is 12.9. The number of H-pyrrole nitrogens is 1. The fraction of sp³-hybridized carbons (Fsp3) is 0.421. The number of hydrogen-bond donors (Lipinski definition) is 2. The Bertz CT molecular complexity index is 952. The summed E-state index contributed by atoms with van der Waals surface area (Å²) in [4.78, 5) is 34.6. The molecule has 2 aliphatic heterocycles. The second-order valence-electron chi connectivity index (χ2n) is 6.67. The van der Waals surface area contributed by atoms with Gasteiger partial charge in [-0.3, -0.25) is 14.6 Å². The Morgan fingerprint density at radius 2 is 1.89 bits per heavy atom. The maximum absolute atomic E-state index is 12.9. The van der Waals surface area contributed by atoms with Crippen molar-refractivity contribution in [1.82, 2.24) is 9.97 Å². The third kappa shape index (κ3) is 3.29. The summed E-state index contributed by atoms with van der Waals surface area (Å²) < 4.78 is 16.0. The zero-order chi connectivity index (χ0) is 19.7. The highest BCUT2D eigenvalue weighted by atomic mass is 16.5. The van der Waals surface area contributed by atoms with Crippen molar-refractivity contribution in [1.29, 1.82) is 0 Å². The van der Waals surface area contributed by atoms with Gasteiger partial charge < -0.3 is 24.4 Å². The van der Waals surface area contributed by atoms with Gasteiger partial charge >= 0.3 is 0 Å². The molecule has 9 nitrogen and oxygen atoms in total. The summed E-state index contributed by atoms with van der Waals surface area (Å²) in [6.45, 7) is 2.41. The molecule has 28 heavy (non-hydrogen) atoms. The lowest BCUT2D eigenvalue weighted by Gasteiger charge is -2.29. The molecule has 0 aliphatic carbocycles. The first-order valence-corrected chi connectivity index (χ1v) is 9.09. The van der Waals surface area contributed by atoms with Gasteiger partial charge in [0.1, 0.15) is 5.82 Å². The number of rotatable bonds is 4. The number of aromatic amines is 1. The van der Waals surface area contributed by atoms with Crippen LogP contribution in [0.2, 0.25) is 0 Å². The number of aromatic nitrogens is 2. The van der Waals surface area contributed by atoms with Crippen molar-refractivity contribution in [2.45, 2.75) is 12.3 Å². The molecular formula is C19H22N4O5. The second-order valence-corrected chi connectivity index (χ2v) is 6.67. The first-order chi connectivity index (χ1) is 13.6. The van der Waals surface area contributed by atoms with Crippen LogP contribution in [0.1, 0.15) is 23.5 Å². The highest BCUT2D eigenvalue weighted by Crippen LogP contribution is 2.38. The third-order valence-corrected chi connectivity index (χ3v) is 5.06. The van der Waals surface area contributed by atoms with E-state index < -0.39 is 5.92 Å². The molecule has 1 aromatic carbocycles. The molecule has 2 N–H and O–H groups in total. The number of methoxy groups -OCH3 is 2. The number of nitrogens with zero attached hydrogens (tertiary/aromatic N) is 2. The van der Waals surface area contributed by atoms with Gasteiger partial charge in [0.15, 0.2) is 11.5 Å². The van der Waals surface area contributed by atoms with Crippen molar-refractivity contribution in [2.24, 2.45) is 0 Å². The number of morpholine rings is 1. The van der Waals surface area contributed by atoms with E-state index in [-0.39, 0.29) is 17.9 Å². The minimum Gasteiger partial charge on any atom is -0.493 e. The number of carbonyl (C=O) groups is 1. The van der Waals surface area contributed by atoms with Crippen molar-refractivity contribution in [3.05, 3.63) is 39.7 Å². The summed E-state index contributed by atoms with van der Waals surface area (Å²) in [5, 5.41) is 2.75. The molecule has 148 valence electrons. The molecule has 2 aromatic rings. The van der Waals surface area contributed by atoms with Crippen LogP contribution in [0.25, 0.3) is 0 Å². The number of carbonyl (C=O) groups excluding carboxylic acids is 1. The largest absolute Gasteiger partial charge is 0.493 e. The summed E-state index contributed by atoms with van der Waals surface area (Å²) in [6.07, 6.45) is 0.157. The standard InChI is InChI=1S/C19H22N4O5/c1-26-13-4-3-11(9-14(13)27-2)12-10-15(24)20-17-16(12)18(25)22-19(21-17)23-5-7-28-8-6-23/h3-4,9,12H,5-8,10H2,1-2H3,(H2,20,21,22,24,25). The molecule has 3 heterocycles. The van der Waals surface area contributed by atoms with Crippen LogP contribution in [0.3, 0.4) is 0 Å². The first-order valence-electron chi connectivity index (χ1n) is 9.09. The van der Waals surface area contributed by atoms with E-state index in [1.54, 1.807) is 26.4 Å². The van der Waals surface area contributed by atoms with Gasteiger partial charge in [-0.25, -0.2) is 0 Å². The molecule has 1 atom stereocenters. The highest BCUT2D eigenvalue weighted by Gasteiger charge is 2.32. The number of benzene rings is 1. The summed E-state index contributed by atoms with van der Waals surface area (Å²) >= 11 is 0. The summed E-state index contributed by atoms with van der Waals surface area (Å²) in [5.74, 6) is 1.28. The van der Waals surface area contributed by atoms with Crippen molar-refractivity contribution >= 4 is 17.7 Å². The Labute approximate surface area is 161 Å². The van der Waals surface area contributed by atoms with Gasteiger partial charge in [-0.2, -0.15) is 4.98 Å². The molecule has 1 amide bonds. The quantitative estimate of drug-likeness (QED) is 0.810. The molecule has 0 saturated carbocycles. The lowest BCUT2D eigenvalue weighted by atomic mass is 9.86. The lowest BCUT2D eigenvalue weighted by Crippen LogP contribution is -2.40. The minimum absolute atomic E-state index is 0.157. The van der Waals surface area contributed by atoms with Gasteiger partial charge in [-0.05, 0) is 17.7 Å². The van der Waals surface area contributed by atoms with Crippen LogP contribution in [-0.4, -0.2) is 56.4 Å². The Morgan fingerprint density at radius 3 is 2.61 bits per heavy atom. The van der Waals surface area contributed by atoms with Gasteiger partial charge in [-0.15, -0.1) is 0 Å². The number of nitrogens with one attached hydrogen (secondary N) is 2. The SMILES string of the molecule is COc1ccc(C2CC(=O)Nc3nc(N4CCOCC4)[nH]c(=O)c32)cc1OC. The third-order valence-electron chi connectivity index (χ3n) is 5.06. The van der Waals surface area contributed by atoms with E-state index in [0.29, 0.717) is 55.1 Å². The van der Waals surface area contributed by atoms with Crippen LogP contribution >= 0.6 is 0 Å². The van der Waals surface area contributed by atoms with E-state index >= 15 is 0 Å². The van der Waals surface area contributed by atoms with E-state index in [1.165, 1.54) is 0 Å². The Balaban J connectivity index is 1.76. The summed E-state index contributed by atoms with van der Waals surface area (Å²) in [7, 11) is 3.11. The van der Waals surface area contributed by atoms with E-state index in [0.717, 1.165) is 5.56 Å². The van der Waals surface area contributed by atoms with Crippen molar-refractivity contribution in [2.75, 3.05) is 50.7 Å². The minimum atomic E-state index is -0.418. The predicted molar refractivity (Wildman–Crippen MR) is 103 cm³/mol. The fourth-order valence-electron chi connectivity index (χ4n) is 3.64. The molecule has 1 unspecified atom stereocenters. The second kappa shape index (κ2) is 7.51. The number of amides is 1. The Morgan fingerprint density at radius 1 is 1.14 bits per heavy atom. The van der Waals surface area contributed by atoms with Crippen LogP contribution in [0.15, 0.2) is 23.0 Å². The monoisotopic (exact) mass is 386 g/mol. The highest BCUT2D eigenvalue weighted by molar-refractivity contribution is 5.94. The van der Waals surface area contributed by atoms with Crippen molar-refractivity contribution in [3.63, 3.8) is 0 Å². The van der Waals surface area contributed by atoms with E-state index in [4.69, 9.17) is 14.2 Å². The molecule has 1 aromatic heterocycles. The van der Waals surface area contributed by atoms with Gasteiger partial charge in [0.05, 0.1) is 33.0 Å². The summed E-state index contributed by atoms with van der Waals surface area (Å²) in [5.41, 5.74) is 0.982. The van der Waals surface area contributed by atoms with Crippen LogP contribution in [-0.2, 0) is 9.53 Å². The average molecular weight is 386 g/mol. The zero-order valence-electron chi connectivity index (χ0n) is 15.8. The van der Waals surface area contributed by atoms with Crippen LogP contribution in [0, 0.1) is 0 Å². The lowest BCUT2D eigenvalue weighted by molar-refractivity contribution is -0.116. The normalized spacial score (nSPS) is 19.0. The topological polar surface area (TPSA) is 106 Å². The Hall–Kier alpha value is -3.07. The fourth-order valence-corrected chi connectivity index (χ4v) is 3.64. The smallest absolute Gasteiger partial charge is 0.258 e. The van der Waals surface area contributed by atoms with Gasteiger partial charge in [0, 0.05) is 25.4 Å². The van der Waals surface area contributed by atoms with Gasteiger partial charge in [0.25, 0.3) is 5.56 Å². The first kappa shape index (κ1) is 18.3. The van der Waals surface area contributed by atoms with Gasteiger partial charge in [-0.1, -0.05) is 6.07 Å². The molecule has 2 aliphatic rings. The maximum Gasteiger partial charge on any atom is 0.258 e. The Kier molecular flexibility index (Phi) is 4.91. The molecular weight excluding hydrogens is 364 g/mol. The number of fused-ring (bicyclic) bond motifs is 1. The van der Waals surface area contributed by atoms with Crippen LogP contribution < -0.4 is 25.2 Å². The number of ether oxygens (including phenoxy) is 3. The molecule has 4 rings (SSSR count). The molecule has 0 bridgehead atoms. The van der Waals surface area contributed by atoms with Crippen molar-refractivity contribution < 1.29 is 19.0 Å². The van der Waals surface area contributed by atoms with E-state index in [9.17, 15) is 9.59 Å². The molecule has 1 fully saturated rings. The number of hydrogen-bond acceptors (Lipinski definition) is 7. The zero-order valence-corrected chi connectivity index (χ0v) is 15.8. The molecule has 0 radical (unpaired) electrons. The average Bonchev–Trinajstić information content (AvgIpc) is 2.72. The molecule has 0 spiro atoms. The van der Waals surface area contributed by atoms with E-state index in [1.807, 2.05) is 11.0 Å². The van der Waals surface area contributed by atoms with Gasteiger partial charge in [0.2, 0.25) is 11.9 Å². The van der Waals surface area contributed by atoms with Crippen LogP contribution in [0.4, 0.5) is 11.8 Å². The molecule has 9 heteroatoms. The van der Waals surface area contributed by atoms with E-state index in [2.05, 4.69) is 15.3 Å². The predicted octanol–water partition coefficient (Wildman–Crippen LogP) is 1.10. The molecule has 1 saturated heterocycles.